The van der Waals surface area contributed by atoms with Gasteiger partial charge in [-0.25, -0.2) is 0 Å². The maximum Gasteiger partial charge on any atom is 0.225 e. The summed E-state index contributed by atoms with van der Waals surface area (Å²) in [6, 6.07) is 0. The molecule has 0 aliphatic carbocycles. The highest BCUT2D eigenvalue weighted by Gasteiger charge is 2.37. The van der Waals surface area contributed by atoms with Gasteiger partial charge in [-0.1, -0.05) is 13.8 Å². The molecule has 1 amide bonds. The Labute approximate surface area is 85.3 Å². The fourth-order valence-corrected chi connectivity index (χ4v) is 1.88. The van der Waals surface area contributed by atoms with Gasteiger partial charge in [0.2, 0.25) is 5.91 Å². The van der Waals surface area contributed by atoms with Crippen molar-refractivity contribution in [1.82, 2.24) is 10.2 Å². The number of β-amino-alcohol motifs (C(OH)–C–C–N with tert-alkyl or cyclic N) is 1. The minimum Gasteiger partial charge on any atom is -0.387 e. The Morgan fingerprint density at radius 2 is 2.29 bits per heavy atom. The highest BCUT2D eigenvalue weighted by Crippen LogP contribution is 2.21. The summed E-state index contributed by atoms with van der Waals surface area (Å²) in [5, 5.41) is 13.0. The SMILES string of the molecule is CNCC1(O)CCN(C(=O)C(C)C)C1. The summed E-state index contributed by atoms with van der Waals surface area (Å²) in [6.07, 6.45) is 0.673. The van der Waals surface area contributed by atoms with Crippen molar-refractivity contribution in [2.45, 2.75) is 25.9 Å². The number of nitrogens with zero attached hydrogens (tertiary/aromatic N) is 1. The van der Waals surface area contributed by atoms with Gasteiger partial charge in [-0.15, -0.1) is 0 Å². The molecule has 0 spiro atoms. The predicted molar refractivity (Wildman–Crippen MR) is 54.9 cm³/mol. The van der Waals surface area contributed by atoms with E-state index in [1.54, 1.807) is 4.90 Å². The number of hydrogen-bond acceptors (Lipinski definition) is 3. The number of amides is 1. The molecule has 82 valence electrons. The van der Waals surface area contributed by atoms with Crippen LogP contribution in [0, 0.1) is 5.92 Å². The lowest BCUT2D eigenvalue weighted by Crippen LogP contribution is -2.43. The smallest absolute Gasteiger partial charge is 0.225 e. The van der Waals surface area contributed by atoms with Crippen LogP contribution in [0.5, 0.6) is 0 Å². The second-order valence-corrected chi connectivity index (χ2v) is 4.42. The Bertz CT molecular complexity index is 218. The zero-order valence-electron chi connectivity index (χ0n) is 9.21. The van der Waals surface area contributed by atoms with E-state index in [1.807, 2.05) is 20.9 Å². The van der Waals surface area contributed by atoms with Crippen molar-refractivity contribution < 1.29 is 9.90 Å². The molecule has 0 radical (unpaired) electrons. The number of carbonyl (C=O) groups excluding carboxylic acids is 1. The highest BCUT2D eigenvalue weighted by molar-refractivity contribution is 5.78. The lowest BCUT2D eigenvalue weighted by Gasteiger charge is -2.23. The molecule has 1 aliphatic heterocycles. The lowest BCUT2D eigenvalue weighted by molar-refractivity contribution is -0.134. The molecule has 0 aromatic heterocycles. The molecule has 0 bridgehead atoms. The summed E-state index contributed by atoms with van der Waals surface area (Å²) < 4.78 is 0. The van der Waals surface area contributed by atoms with Crippen LogP contribution in [-0.4, -0.2) is 48.2 Å². The quantitative estimate of drug-likeness (QED) is 0.665. The second kappa shape index (κ2) is 4.28. The van der Waals surface area contributed by atoms with Crippen LogP contribution in [0.1, 0.15) is 20.3 Å². The Hall–Kier alpha value is -0.610. The van der Waals surface area contributed by atoms with Gasteiger partial charge in [-0.05, 0) is 13.5 Å². The van der Waals surface area contributed by atoms with Crippen molar-refractivity contribution in [3.8, 4) is 0 Å². The van der Waals surface area contributed by atoms with Gasteiger partial charge >= 0.3 is 0 Å². The summed E-state index contributed by atoms with van der Waals surface area (Å²) in [5.41, 5.74) is -0.723. The van der Waals surface area contributed by atoms with Gasteiger partial charge in [-0.3, -0.25) is 4.79 Å². The predicted octanol–water partition coefficient (Wildman–Crippen LogP) is -0.175. The van der Waals surface area contributed by atoms with E-state index in [-0.39, 0.29) is 11.8 Å². The largest absolute Gasteiger partial charge is 0.387 e. The van der Waals surface area contributed by atoms with Crippen molar-refractivity contribution in [2.24, 2.45) is 5.92 Å². The second-order valence-electron chi connectivity index (χ2n) is 4.42. The van der Waals surface area contributed by atoms with Gasteiger partial charge < -0.3 is 15.3 Å². The Morgan fingerprint density at radius 1 is 1.64 bits per heavy atom. The first-order valence-electron chi connectivity index (χ1n) is 5.14. The zero-order chi connectivity index (χ0) is 10.8. The molecule has 1 heterocycles. The molecular weight excluding hydrogens is 180 g/mol. The molecule has 0 aromatic carbocycles. The monoisotopic (exact) mass is 200 g/mol. The first kappa shape index (κ1) is 11.5. The van der Waals surface area contributed by atoms with Gasteiger partial charge in [0.25, 0.3) is 0 Å². The first-order chi connectivity index (χ1) is 6.48. The van der Waals surface area contributed by atoms with Crippen molar-refractivity contribution in [2.75, 3.05) is 26.7 Å². The van der Waals surface area contributed by atoms with E-state index in [4.69, 9.17) is 0 Å². The van der Waals surface area contributed by atoms with E-state index in [9.17, 15) is 9.90 Å². The Morgan fingerprint density at radius 3 is 2.79 bits per heavy atom. The van der Waals surface area contributed by atoms with E-state index in [1.165, 1.54) is 0 Å². The average molecular weight is 200 g/mol. The van der Waals surface area contributed by atoms with Crippen LogP contribution in [0.2, 0.25) is 0 Å². The molecule has 14 heavy (non-hydrogen) atoms. The van der Waals surface area contributed by atoms with E-state index >= 15 is 0 Å². The van der Waals surface area contributed by atoms with Crippen molar-refractivity contribution >= 4 is 5.91 Å². The van der Waals surface area contributed by atoms with Crippen LogP contribution >= 0.6 is 0 Å². The lowest BCUT2D eigenvalue weighted by atomic mass is 10.0. The molecule has 4 heteroatoms. The number of likely N-dealkylation sites (tertiary alicyclic amines) is 1. The molecule has 1 fully saturated rings. The molecule has 4 nitrogen and oxygen atoms in total. The van der Waals surface area contributed by atoms with Gasteiger partial charge in [0.1, 0.15) is 0 Å². The summed E-state index contributed by atoms with van der Waals surface area (Å²) in [4.78, 5) is 13.4. The number of likely N-dealkylation sites (N-methyl/N-ethyl adjacent to an activating group) is 1. The van der Waals surface area contributed by atoms with Gasteiger partial charge in [0.15, 0.2) is 0 Å². The minimum absolute atomic E-state index is 0.0203. The van der Waals surface area contributed by atoms with E-state index in [2.05, 4.69) is 5.32 Å². The molecule has 1 unspecified atom stereocenters. The first-order valence-corrected chi connectivity index (χ1v) is 5.14. The number of nitrogens with one attached hydrogen (secondary N) is 1. The van der Waals surface area contributed by atoms with E-state index in [0.29, 0.717) is 26.1 Å². The number of rotatable bonds is 3. The number of carbonyl (C=O) groups is 1. The maximum atomic E-state index is 11.6. The van der Waals surface area contributed by atoms with Crippen LogP contribution < -0.4 is 5.32 Å². The normalized spacial score (nSPS) is 27.4. The number of hydrogen-bond donors (Lipinski definition) is 2. The molecule has 0 saturated carbocycles. The van der Waals surface area contributed by atoms with Gasteiger partial charge in [0.05, 0.1) is 12.1 Å². The minimum atomic E-state index is -0.723. The standard InChI is InChI=1S/C10H20N2O2/c1-8(2)9(13)12-5-4-10(14,7-12)6-11-3/h8,11,14H,4-7H2,1-3H3. The number of aliphatic hydroxyl groups is 1. The average Bonchev–Trinajstić information content (AvgIpc) is 2.47. The molecule has 0 aromatic rings. The summed E-state index contributed by atoms with van der Waals surface area (Å²) in [6.45, 7) is 5.46. The van der Waals surface area contributed by atoms with Crippen LogP contribution in [-0.2, 0) is 4.79 Å². The van der Waals surface area contributed by atoms with E-state index < -0.39 is 5.60 Å². The maximum absolute atomic E-state index is 11.6. The van der Waals surface area contributed by atoms with Gasteiger partial charge in [0, 0.05) is 19.0 Å². The summed E-state index contributed by atoms with van der Waals surface area (Å²) in [5.74, 6) is 0.156. The molecule has 1 rings (SSSR count). The molecule has 1 aliphatic rings. The Balaban J connectivity index is 2.52. The van der Waals surface area contributed by atoms with Crippen LogP contribution in [0.4, 0.5) is 0 Å². The fourth-order valence-electron chi connectivity index (χ4n) is 1.88. The topological polar surface area (TPSA) is 52.6 Å². The molecule has 2 N–H and O–H groups in total. The van der Waals surface area contributed by atoms with Crippen molar-refractivity contribution in [1.29, 1.82) is 0 Å². The third kappa shape index (κ3) is 2.45. The van der Waals surface area contributed by atoms with E-state index in [0.717, 1.165) is 0 Å². The van der Waals surface area contributed by atoms with Crippen LogP contribution in [0.15, 0.2) is 0 Å². The summed E-state index contributed by atoms with van der Waals surface area (Å²) >= 11 is 0. The summed E-state index contributed by atoms with van der Waals surface area (Å²) in [7, 11) is 1.81. The van der Waals surface area contributed by atoms with Crippen molar-refractivity contribution in [3.05, 3.63) is 0 Å². The molecule has 1 atom stereocenters. The fraction of sp³-hybridized carbons (Fsp3) is 0.900. The third-order valence-corrected chi connectivity index (χ3v) is 2.64. The van der Waals surface area contributed by atoms with Crippen molar-refractivity contribution in [3.63, 3.8) is 0 Å². The van der Waals surface area contributed by atoms with Crippen LogP contribution in [0.25, 0.3) is 0 Å². The molecular formula is C10H20N2O2. The highest BCUT2D eigenvalue weighted by atomic mass is 16.3. The third-order valence-electron chi connectivity index (χ3n) is 2.64. The zero-order valence-corrected chi connectivity index (χ0v) is 9.21. The molecule has 1 saturated heterocycles. The van der Waals surface area contributed by atoms with Gasteiger partial charge in [-0.2, -0.15) is 0 Å². The Kier molecular flexibility index (Phi) is 3.50. The van der Waals surface area contributed by atoms with Crippen LogP contribution in [0.3, 0.4) is 0 Å².